The molecule has 3 rings (SSSR count). The molecule has 2 aromatic heterocycles. The number of methoxy groups -OCH3 is 1. The Kier molecular flexibility index (Phi) is 7.32. The van der Waals surface area contributed by atoms with Crippen LogP contribution in [0.1, 0.15) is 26.5 Å². The first-order valence-corrected chi connectivity index (χ1v) is 8.86. The summed E-state index contributed by atoms with van der Waals surface area (Å²) >= 11 is 0. The molecule has 2 aromatic rings. The number of fused-ring (bicyclic) bond motifs is 1. The molecule has 27 heavy (non-hydrogen) atoms. The molecule has 1 aliphatic rings. The molecule has 8 heteroatoms. The van der Waals surface area contributed by atoms with E-state index >= 15 is 0 Å². The Labute approximate surface area is 159 Å². The number of H-pyrrole nitrogens is 1. The van der Waals surface area contributed by atoms with E-state index < -0.39 is 0 Å². The van der Waals surface area contributed by atoms with Crippen LogP contribution in [0.25, 0.3) is 10.9 Å². The highest BCUT2D eigenvalue weighted by Gasteiger charge is 2.28. The molecule has 1 amide bonds. The van der Waals surface area contributed by atoms with Gasteiger partial charge in [0.15, 0.2) is 0 Å². The molecule has 3 heterocycles. The lowest BCUT2D eigenvalue weighted by atomic mass is 10.2. The van der Waals surface area contributed by atoms with Crippen LogP contribution in [-0.2, 0) is 25.6 Å². The molecule has 0 unspecified atom stereocenters. The molecule has 0 bridgehead atoms. The normalized spacial score (nSPS) is 17.4. The summed E-state index contributed by atoms with van der Waals surface area (Å²) in [5.74, 6) is 0.107. The van der Waals surface area contributed by atoms with Crippen molar-refractivity contribution in [2.45, 2.75) is 39.0 Å². The Hall–Kier alpha value is -2.45. The average molecular weight is 376 g/mol. The van der Waals surface area contributed by atoms with Crippen molar-refractivity contribution in [1.29, 1.82) is 0 Å². The number of aromatic amines is 1. The van der Waals surface area contributed by atoms with Gasteiger partial charge >= 0.3 is 0 Å². The number of pyridine rings is 1. The molecular formula is C19H28N4O4. The lowest BCUT2D eigenvalue weighted by Crippen LogP contribution is -2.56. The van der Waals surface area contributed by atoms with E-state index in [1.165, 1.54) is 0 Å². The first-order valence-electron chi connectivity index (χ1n) is 8.86. The lowest BCUT2D eigenvalue weighted by molar-refractivity contribution is -0.139. The summed E-state index contributed by atoms with van der Waals surface area (Å²) in [5.41, 5.74) is 1.74. The van der Waals surface area contributed by atoms with Gasteiger partial charge in [-0.05, 0) is 32.9 Å². The van der Waals surface area contributed by atoms with Crippen LogP contribution in [0.2, 0.25) is 0 Å². The van der Waals surface area contributed by atoms with E-state index in [0.717, 1.165) is 23.1 Å². The highest BCUT2D eigenvalue weighted by molar-refractivity contribution is 5.81. The number of rotatable bonds is 5. The van der Waals surface area contributed by atoms with Crippen molar-refractivity contribution in [3.05, 3.63) is 30.2 Å². The topological polar surface area (TPSA) is 96.5 Å². The third-order valence-electron chi connectivity index (χ3n) is 4.00. The summed E-state index contributed by atoms with van der Waals surface area (Å²) < 4.78 is 9.75. The van der Waals surface area contributed by atoms with Crippen molar-refractivity contribution in [1.82, 2.24) is 20.2 Å². The quantitative estimate of drug-likeness (QED) is 0.767. The van der Waals surface area contributed by atoms with Gasteiger partial charge < -0.3 is 24.7 Å². The van der Waals surface area contributed by atoms with E-state index in [2.05, 4.69) is 20.0 Å². The number of nitrogens with one attached hydrogen (secondary N) is 2. The summed E-state index contributed by atoms with van der Waals surface area (Å²) in [6, 6.07) is 4.05. The van der Waals surface area contributed by atoms with Gasteiger partial charge in [0.25, 0.3) is 6.47 Å². The molecule has 0 saturated carbocycles. The van der Waals surface area contributed by atoms with Crippen molar-refractivity contribution < 1.29 is 19.1 Å². The molecule has 0 aliphatic carbocycles. The molecule has 0 spiro atoms. The molecule has 1 aliphatic heterocycles. The summed E-state index contributed by atoms with van der Waals surface area (Å²) in [4.78, 5) is 31.0. The fourth-order valence-corrected chi connectivity index (χ4v) is 2.76. The monoisotopic (exact) mass is 376 g/mol. The summed E-state index contributed by atoms with van der Waals surface area (Å²) in [6.07, 6.45) is 3.58. The number of aromatic nitrogens is 2. The predicted molar refractivity (Wildman–Crippen MR) is 102 cm³/mol. The molecule has 1 saturated heterocycles. The van der Waals surface area contributed by atoms with Gasteiger partial charge in [0.05, 0.1) is 25.7 Å². The molecule has 2 N–H and O–H groups in total. The van der Waals surface area contributed by atoms with E-state index in [1.54, 1.807) is 13.3 Å². The van der Waals surface area contributed by atoms with Gasteiger partial charge in [-0.25, -0.2) is 0 Å². The van der Waals surface area contributed by atoms with Crippen LogP contribution in [0, 0.1) is 0 Å². The van der Waals surface area contributed by atoms with Gasteiger partial charge in [0.1, 0.15) is 5.60 Å². The number of piperazine rings is 1. The summed E-state index contributed by atoms with van der Waals surface area (Å²) in [6.45, 7) is 8.19. The largest absolute Gasteiger partial charge is 0.462 e. The fraction of sp³-hybridized carbons (Fsp3) is 0.526. The first-order chi connectivity index (χ1) is 12.8. The van der Waals surface area contributed by atoms with Gasteiger partial charge in [-0.15, -0.1) is 0 Å². The van der Waals surface area contributed by atoms with Crippen molar-refractivity contribution in [3.8, 4) is 0 Å². The highest BCUT2D eigenvalue weighted by Crippen LogP contribution is 2.17. The van der Waals surface area contributed by atoms with Gasteiger partial charge in [0.2, 0.25) is 5.91 Å². The predicted octanol–water partition coefficient (Wildman–Crippen LogP) is 1.47. The number of carbonyl (C=O) groups excluding carboxylic acids is 2. The van der Waals surface area contributed by atoms with Crippen molar-refractivity contribution in [2.24, 2.45) is 0 Å². The molecule has 148 valence electrons. The Morgan fingerprint density at radius 1 is 1.41 bits per heavy atom. The van der Waals surface area contributed by atoms with Gasteiger partial charge in [-0.2, -0.15) is 0 Å². The van der Waals surface area contributed by atoms with Crippen LogP contribution in [0.4, 0.5) is 0 Å². The van der Waals surface area contributed by atoms with Gasteiger partial charge in [-0.1, -0.05) is 0 Å². The SMILES string of the molecule is CC(C)(C)OC=O.COC[C@H]1CNCC(=O)N1Cc1cc2cnccc2[nH]1. The van der Waals surface area contributed by atoms with E-state index in [9.17, 15) is 9.59 Å². The number of hydrogen-bond donors (Lipinski definition) is 2. The van der Waals surface area contributed by atoms with Crippen molar-refractivity contribution in [3.63, 3.8) is 0 Å². The molecule has 1 fully saturated rings. The fourth-order valence-electron chi connectivity index (χ4n) is 2.76. The number of carbonyl (C=O) groups is 2. The van der Waals surface area contributed by atoms with Gasteiger partial charge in [0, 0.05) is 42.6 Å². The first kappa shape index (κ1) is 20.9. The van der Waals surface area contributed by atoms with E-state index in [-0.39, 0.29) is 17.6 Å². The third kappa shape index (κ3) is 6.33. The second kappa shape index (κ2) is 9.48. The van der Waals surface area contributed by atoms with Crippen LogP contribution < -0.4 is 5.32 Å². The zero-order chi connectivity index (χ0) is 19.9. The number of hydrogen-bond acceptors (Lipinski definition) is 6. The molecular weight excluding hydrogens is 348 g/mol. The van der Waals surface area contributed by atoms with Crippen LogP contribution in [0.15, 0.2) is 24.5 Å². The minimum absolute atomic E-state index is 0.0748. The molecule has 0 radical (unpaired) electrons. The summed E-state index contributed by atoms with van der Waals surface area (Å²) in [7, 11) is 1.66. The average Bonchev–Trinajstić information content (AvgIpc) is 3.00. The highest BCUT2D eigenvalue weighted by atomic mass is 16.5. The second-order valence-corrected chi connectivity index (χ2v) is 7.35. The molecule has 0 aromatic carbocycles. The number of ether oxygens (including phenoxy) is 2. The van der Waals surface area contributed by atoms with Gasteiger partial charge in [-0.3, -0.25) is 14.6 Å². The minimum Gasteiger partial charge on any atom is -0.462 e. The van der Waals surface area contributed by atoms with Crippen LogP contribution in [-0.4, -0.2) is 65.7 Å². The summed E-state index contributed by atoms with van der Waals surface area (Å²) in [5, 5.41) is 4.18. The molecule has 1 atom stereocenters. The Bertz CT molecular complexity index is 718. The standard InChI is InChI=1S/C14H18N4O2.C5H10O2/c1-20-9-12-6-16-7-14(19)18(12)8-11-4-10-5-15-3-2-13(10)17-11;1-5(2,3)7-4-6/h2-5,12,16-17H,6-9H2,1H3;4H,1-3H3/t12-;/m1./s1. The maximum Gasteiger partial charge on any atom is 0.293 e. The van der Waals surface area contributed by atoms with Crippen LogP contribution in [0.5, 0.6) is 0 Å². The van der Waals surface area contributed by atoms with E-state index in [1.807, 2.05) is 44.0 Å². The van der Waals surface area contributed by atoms with E-state index in [0.29, 0.717) is 26.2 Å². The Morgan fingerprint density at radius 3 is 2.78 bits per heavy atom. The maximum atomic E-state index is 12.1. The maximum absolute atomic E-state index is 12.1. The van der Waals surface area contributed by atoms with Crippen molar-refractivity contribution >= 4 is 23.3 Å². The van der Waals surface area contributed by atoms with Crippen LogP contribution >= 0.6 is 0 Å². The van der Waals surface area contributed by atoms with E-state index in [4.69, 9.17) is 4.74 Å². The van der Waals surface area contributed by atoms with Crippen LogP contribution in [0.3, 0.4) is 0 Å². The Balaban J connectivity index is 0.000000321. The zero-order valence-corrected chi connectivity index (χ0v) is 16.3. The minimum atomic E-state index is -0.318. The number of amides is 1. The zero-order valence-electron chi connectivity index (χ0n) is 16.3. The lowest BCUT2D eigenvalue weighted by Gasteiger charge is -2.35. The van der Waals surface area contributed by atoms with Crippen molar-refractivity contribution in [2.75, 3.05) is 26.8 Å². The second-order valence-electron chi connectivity index (χ2n) is 7.35. The Morgan fingerprint density at radius 2 is 2.19 bits per heavy atom. The smallest absolute Gasteiger partial charge is 0.293 e. The molecule has 8 nitrogen and oxygen atoms in total. The number of nitrogens with zero attached hydrogens (tertiary/aromatic N) is 2. The third-order valence-corrected chi connectivity index (χ3v) is 4.00.